The third-order valence-electron chi connectivity index (χ3n) is 6.50. The van der Waals surface area contributed by atoms with Crippen molar-refractivity contribution in [2.24, 2.45) is 0 Å². The third kappa shape index (κ3) is 3.63. The van der Waals surface area contributed by atoms with Crippen LogP contribution in [-0.2, 0) is 9.59 Å². The maximum atomic E-state index is 13.7. The predicted molar refractivity (Wildman–Crippen MR) is 128 cm³/mol. The number of fused-ring (bicyclic) bond motifs is 1. The number of ketones is 1. The fourth-order valence-electron chi connectivity index (χ4n) is 5.00. The maximum Gasteiger partial charge on any atom is 0.224 e. The zero-order valence-electron chi connectivity index (χ0n) is 19.3. The Kier molecular flexibility index (Phi) is 5.61. The molecule has 1 N–H and O–H groups in total. The van der Waals surface area contributed by atoms with Crippen LogP contribution < -0.4 is 19.7 Å². The number of amides is 1. The van der Waals surface area contributed by atoms with Crippen LogP contribution in [0, 0.1) is 0 Å². The number of anilines is 2. The van der Waals surface area contributed by atoms with Crippen molar-refractivity contribution in [3.8, 4) is 11.5 Å². The van der Waals surface area contributed by atoms with Gasteiger partial charge in [-0.1, -0.05) is 18.2 Å². The fraction of sp³-hybridized carbons (Fsp3) is 0.259. The van der Waals surface area contributed by atoms with E-state index < -0.39 is 6.04 Å². The van der Waals surface area contributed by atoms with Gasteiger partial charge in [-0.3, -0.25) is 14.5 Å². The predicted octanol–water partition coefficient (Wildman–Crippen LogP) is 5.22. The van der Waals surface area contributed by atoms with Gasteiger partial charge >= 0.3 is 0 Å². The normalized spacial score (nSPS) is 19.6. The van der Waals surface area contributed by atoms with Gasteiger partial charge in [0.2, 0.25) is 5.91 Å². The van der Waals surface area contributed by atoms with Crippen LogP contribution in [0.3, 0.4) is 0 Å². The number of methoxy groups -OCH3 is 2. The van der Waals surface area contributed by atoms with E-state index in [1.165, 1.54) is 6.92 Å². The van der Waals surface area contributed by atoms with Crippen LogP contribution in [0.25, 0.3) is 0 Å². The fourth-order valence-corrected chi connectivity index (χ4v) is 5.00. The molecule has 2 heterocycles. The van der Waals surface area contributed by atoms with Crippen molar-refractivity contribution in [3.05, 3.63) is 83.5 Å². The van der Waals surface area contributed by atoms with Gasteiger partial charge in [0.15, 0.2) is 17.3 Å². The molecular formula is C27H26N2O5. The molecule has 7 heteroatoms. The van der Waals surface area contributed by atoms with Crippen molar-refractivity contribution in [1.29, 1.82) is 0 Å². The van der Waals surface area contributed by atoms with Gasteiger partial charge < -0.3 is 19.2 Å². The summed E-state index contributed by atoms with van der Waals surface area (Å²) in [5.41, 5.74) is 3.64. The first-order valence-electron chi connectivity index (χ1n) is 11.2. The third-order valence-corrected chi connectivity index (χ3v) is 6.50. The van der Waals surface area contributed by atoms with Gasteiger partial charge in [0.25, 0.3) is 0 Å². The van der Waals surface area contributed by atoms with Gasteiger partial charge in [0.05, 0.1) is 37.9 Å². The lowest BCUT2D eigenvalue weighted by Gasteiger charge is -2.34. The standard InChI is InChI=1S/C27H26N2O5/c1-16(30)29-21-8-5-4-7-19(21)28-20-13-18(23-9-6-12-34-23)14-22(31)26(20)27(29)17-10-11-24(32-2)25(15-17)33-3/h4-12,15,18,27-28H,13-14H2,1-3H3/t18-,27+/m0/s1. The second-order valence-electron chi connectivity index (χ2n) is 8.48. The average Bonchev–Trinajstić information content (AvgIpc) is 3.33. The Bertz CT molecular complexity index is 1280. The highest BCUT2D eigenvalue weighted by Crippen LogP contribution is 2.48. The number of nitrogens with one attached hydrogen (secondary N) is 1. The van der Waals surface area contributed by atoms with E-state index >= 15 is 0 Å². The van der Waals surface area contributed by atoms with Crippen LogP contribution in [0.2, 0.25) is 0 Å². The van der Waals surface area contributed by atoms with Crippen LogP contribution in [0.1, 0.15) is 43.0 Å². The SMILES string of the molecule is COc1ccc([C@@H]2C3=C(C[C@H](c4ccco4)CC3=O)Nc3ccccc3N2C(C)=O)cc1OC. The summed E-state index contributed by atoms with van der Waals surface area (Å²) in [5.74, 6) is 1.64. The van der Waals surface area contributed by atoms with Crippen LogP contribution >= 0.6 is 0 Å². The van der Waals surface area contributed by atoms with Crippen molar-refractivity contribution >= 4 is 23.1 Å². The molecule has 2 aliphatic rings. The number of hydrogen-bond donors (Lipinski definition) is 1. The summed E-state index contributed by atoms with van der Waals surface area (Å²) in [7, 11) is 3.14. The average molecular weight is 459 g/mol. The highest BCUT2D eigenvalue weighted by Gasteiger charge is 2.41. The van der Waals surface area contributed by atoms with E-state index in [9.17, 15) is 9.59 Å². The molecule has 1 aliphatic heterocycles. The molecule has 1 amide bonds. The minimum absolute atomic E-state index is 0.0195. The molecule has 0 spiro atoms. The van der Waals surface area contributed by atoms with E-state index in [4.69, 9.17) is 13.9 Å². The molecular weight excluding hydrogens is 432 g/mol. The number of rotatable bonds is 4. The molecule has 5 rings (SSSR count). The molecule has 0 unspecified atom stereocenters. The molecule has 34 heavy (non-hydrogen) atoms. The summed E-state index contributed by atoms with van der Waals surface area (Å²) in [6, 6.07) is 16.3. The summed E-state index contributed by atoms with van der Waals surface area (Å²) < 4.78 is 16.6. The molecule has 0 radical (unpaired) electrons. The molecule has 2 aromatic carbocycles. The van der Waals surface area contributed by atoms with Gasteiger partial charge in [-0.25, -0.2) is 0 Å². The van der Waals surface area contributed by atoms with Crippen LogP contribution in [0.15, 0.2) is 76.5 Å². The maximum absolute atomic E-state index is 13.7. The number of benzene rings is 2. The van der Waals surface area contributed by atoms with Crippen molar-refractivity contribution in [3.63, 3.8) is 0 Å². The van der Waals surface area contributed by atoms with E-state index in [0.717, 1.165) is 22.7 Å². The Morgan fingerprint density at radius 3 is 2.53 bits per heavy atom. The molecule has 7 nitrogen and oxygen atoms in total. The van der Waals surface area contributed by atoms with E-state index in [0.29, 0.717) is 35.6 Å². The lowest BCUT2D eigenvalue weighted by atomic mass is 9.80. The first-order valence-corrected chi connectivity index (χ1v) is 11.2. The number of allylic oxidation sites excluding steroid dienone is 1. The highest BCUT2D eigenvalue weighted by molar-refractivity contribution is 6.06. The van der Waals surface area contributed by atoms with Crippen molar-refractivity contribution < 1.29 is 23.5 Å². The van der Waals surface area contributed by atoms with Crippen LogP contribution in [-0.4, -0.2) is 25.9 Å². The number of furan rings is 1. The quantitative estimate of drug-likeness (QED) is 0.578. The van der Waals surface area contributed by atoms with Gasteiger partial charge in [0, 0.05) is 30.5 Å². The number of ether oxygens (including phenoxy) is 2. The molecule has 0 saturated heterocycles. The van der Waals surface area contributed by atoms with Crippen LogP contribution in [0.4, 0.5) is 11.4 Å². The molecule has 0 saturated carbocycles. The first-order chi connectivity index (χ1) is 16.5. The van der Waals surface area contributed by atoms with Gasteiger partial charge in [0.1, 0.15) is 5.76 Å². The lowest BCUT2D eigenvalue weighted by Crippen LogP contribution is -2.37. The smallest absolute Gasteiger partial charge is 0.224 e. The van der Waals surface area contributed by atoms with E-state index in [1.54, 1.807) is 31.4 Å². The monoisotopic (exact) mass is 458 g/mol. The minimum Gasteiger partial charge on any atom is -0.493 e. The Labute approximate surface area is 198 Å². The molecule has 0 bridgehead atoms. The number of nitrogens with zero attached hydrogens (tertiary/aromatic N) is 1. The van der Waals surface area contributed by atoms with E-state index in [1.807, 2.05) is 48.5 Å². The Morgan fingerprint density at radius 2 is 1.82 bits per heavy atom. The summed E-state index contributed by atoms with van der Waals surface area (Å²) in [6.07, 6.45) is 2.53. The number of carbonyl (C=O) groups is 2. The summed E-state index contributed by atoms with van der Waals surface area (Å²) >= 11 is 0. The van der Waals surface area contributed by atoms with Crippen LogP contribution in [0.5, 0.6) is 11.5 Å². The molecule has 3 aromatic rings. The topological polar surface area (TPSA) is 81.0 Å². The Hall–Kier alpha value is -4.00. The summed E-state index contributed by atoms with van der Waals surface area (Å²) in [4.78, 5) is 28.5. The van der Waals surface area contributed by atoms with E-state index in [-0.39, 0.29) is 17.6 Å². The first kappa shape index (κ1) is 21.8. The zero-order chi connectivity index (χ0) is 23.8. The second kappa shape index (κ2) is 8.74. The van der Waals surface area contributed by atoms with Gasteiger partial charge in [-0.15, -0.1) is 0 Å². The lowest BCUT2D eigenvalue weighted by molar-refractivity contribution is -0.117. The highest BCUT2D eigenvalue weighted by atomic mass is 16.5. The number of para-hydroxylation sites is 2. The number of carbonyl (C=O) groups excluding carboxylic acids is 2. The number of hydrogen-bond acceptors (Lipinski definition) is 6. The summed E-state index contributed by atoms with van der Waals surface area (Å²) in [5, 5.41) is 3.49. The second-order valence-corrected chi connectivity index (χ2v) is 8.48. The summed E-state index contributed by atoms with van der Waals surface area (Å²) in [6.45, 7) is 1.52. The zero-order valence-corrected chi connectivity index (χ0v) is 19.3. The van der Waals surface area contributed by atoms with Gasteiger partial charge in [-0.05, 0) is 48.4 Å². The van der Waals surface area contributed by atoms with Crippen molar-refractivity contribution in [2.45, 2.75) is 31.7 Å². The van der Waals surface area contributed by atoms with Gasteiger partial charge in [-0.2, -0.15) is 0 Å². The Morgan fingerprint density at radius 1 is 1.03 bits per heavy atom. The molecule has 0 fully saturated rings. The minimum atomic E-state index is -0.617. The number of Topliss-reactive ketones (excluding diaryl/α,β-unsaturated/α-hetero) is 1. The largest absolute Gasteiger partial charge is 0.493 e. The molecule has 174 valence electrons. The Balaban J connectivity index is 1.73. The molecule has 2 atom stereocenters. The molecule has 1 aromatic heterocycles. The molecule has 1 aliphatic carbocycles. The van der Waals surface area contributed by atoms with E-state index in [2.05, 4.69) is 5.32 Å². The van der Waals surface area contributed by atoms with Crippen molar-refractivity contribution in [1.82, 2.24) is 0 Å². The van der Waals surface area contributed by atoms with Crippen molar-refractivity contribution in [2.75, 3.05) is 24.4 Å².